The van der Waals surface area contributed by atoms with Crippen LogP contribution in [0.3, 0.4) is 0 Å². The smallest absolute Gasteiger partial charge is 0.329 e. The molecular formula is C25H33N5O3. The van der Waals surface area contributed by atoms with Gasteiger partial charge in [0.25, 0.3) is 0 Å². The van der Waals surface area contributed by atoms with Crippen LogP contribution in [0.15, 0.2) is 47.4 Å². The maximum Gasteiger partial charge on any atom is 0.329 e. The lowest BCUT2D eigenvalue weighted by Crippen LogP contribution is -2.45. The average Bonchev–Trinajstić information content (AvgIpc) is 3.07. The number of hydrogen-bond donors (Lipinski definition) is 1. The molecule has 1 fully saturated rings. The summed E-state index contributed by atoms with van der Waals surface area (Å²) in [6, 6.07) is 11.7. The van der Waals surface area contributed by atoms with E-state index in [0.717, 1.165) is 41.9 Å². The van der Waals surface area contributed by atoms with Gasteiger partial charge >= 0.3 is 5.69 Å². The first kappa shape index (κ1) is 23.0. The average molecular weight is 452 g/mol. The zero-order valence-corrected chi connectivity index (χ0v) is 19.7. The van der Waals surface area contributed by atoms with Crippen molar-refractivity contribution >= 4 is 22.8 Å². The molecule has 3 aromatic rings. The van der Waals surface area contributed by atoms with Crippen LogP contribution in [0.25, 0.3) is 11.0 Å². The molecule has 1 aliphatic rings. The van der Waals surface area contributed by atoms with E-state index in [1.54, 1.807) is 9.13 Å². The van der Waals surface area contributed by atoms with Gasteiger partial charge in [-0.3, -0.25) is 13.9 Å². The number of rotatable bonds is 8. The van der Waals surface area contributed by atoms with E-state index in [9.17, 15) is 9.59 Å². The van der Waals surface area contributed by atoms with Gasteiger partial charge < -0.3 is 15.0 Å². The lowest BCUT2D eigenvalue weighted by atomic mass is 10.2. The number of anilines is 1. The van der Waals surface area contributed by atoms with Crippen LogP contribution in [0.5, 0.6) is 0 Å². The summed E-state index contributed by atoms with van der Waals surface area (Å²) in [6.07, 6.45) is 3.29. The molecule has 33 heavy (non-hydrogen) atoms. The predicted molar refractivity (Wildman–Crippen MR) is 129 cm³/mol. The number of aromatic nitrogens is 3. The first-order chi connectivity index (χ1) is 16.0. The third kappa shape index (κ3) is 5.27. The van der Waals surface area contributed by atoms with Gasteiger partial charge in [-0.05, 0) is 44.0 Å². The molecule has 0 radical (unpaired) electrons. The largest absolute Gasteiger partial charge is 0.372 e. The maximum atomic E-state index is 12.8. The number of imidazole rings is 1. The van der Waals surface area contributed by atoms with Crippen LogP contribution in [0.4, 0.5) is 5.82 Å². The highest BCUT2D eigenvalue weighted by Gasteiger charge is 2.23. The Kier molecular flexibility index (Phi) is 7.13. The molecule has 1 amide bonds. The lowest BCUT2D eigenvalue weighted by molar-refractivity contribution is -0.121. The Morgan fingerprint density at radius 2 is 1.73 bits per heavy atom. The van der Waals surface area contributed by atoms with E-state index in [1.807, 2.05) is 42.6 Å². The molecule has 3 heterocycles. The number of hydrogen-bond acceptors (Lipinski definition) is 5. The monoisotopic (exact) mass is 451 g/mol. The highest BCUT2D eigenvalue weighted by atomic mass is 16.5. The molecule has 1 saturated heterocycles. The fourth-order valence-corrected chi connectivity index (χ4v) is 4.50. The van der Waals surface area contributed by atoms with Gasteiger partial charge in [0.05, 0.1) is 23.2 Å². The topological polar surface area (TPSA) is 81.4 Å². The molecule has 4 rings (SSSR count). The fraction of sp³-hybridized carbons (Fsp3) is 0.480. The summed E-state index contributed by atoms with van der Waals surface area (Å²) in [6.45, 7) is 9.27. The van der Waals surface area contributed by atoms with E-state index >= 15 is 0 Å². The number of morpholine rings is 1. The quantitative estimate of drug-likeness (QED) is 0.570. The third-order valence-electron chi connectivity index (χ3n) is 5.98. The van der Waals surface area contributed by atoms with Gasteiger partial charge in [-0.25, -0.2) is 9.78 Å². The highest BCUT2D eigenvalue weighted by molar-refractivity contribution is 5.78. The van der Waals surface area contributed by atoms with Crippen LogP contribution >= 0.6 is 0 Å². The van der Waals surface area contributed by atoms with Crippen molar-refractivity contribution in [1.29, 1.82) is 0 Å². The first-order valence-electron chi connectivity index (χ1n) is 11.8. The van der Waals surface area contributed by atoms with Crippen molar-refractivity contribution < 1.29 is 9.53 Å². The van der Waals surface area contributed by atoms with Crippen molar-refractivity contribution in [2.45, 2.75) is 65.5 Å². The highest BCUT2D eigenvalue weighted by Crippen LogP contribution is 2.18. The fourth-order valence-electron chi connectivity index (χ4n) is 4.50. The Hall–Kier alpha value is -3.13. The normalized spacial score (nSPS) is 18.6. The third-order valence-corrected chi connectivity index (χ3v) is 5.98. The molecule has 2 aromatic heterocycles. The summed E-state index contributed by atoms with van der Waals surface area (Å²) in [7, 11) is 0. The van der Waals surface area contributed by atoms with E-state index in [1.165, 1.54) is 0 Å². The molecule has 2 unspecified atom stereocenters. The summed E-state index contributed by atoms with van der Waals surface area (Å²) in [5.74, 6) is 0.837. The number of ether oxygens (including phenoxy) is 1. The number of nitrogens with one attached hydrogen (secondary N) is 1. The molecule has 1 N–H and O–H groups in total. The van der Waals surface area contributed by atoms with Gasteiger partial charge in [-0.1, -0.05) is 25.1 Å². The Balaban J connectivity index is 1.33. The number of para-hydroxylation sites is 2. The van der Waals surface area contributed by atoms with Crippen molar-refractivity contribution in [3.63, 3.8) is 0 Å². The number of fused-ring (bicyclic) bond motifs is 1. The number of nitrogens with zero attached hydrogens (tertiary/aromatic N) is 4. The van der Waals surface area contributed by atoms with Crippen molar-refractivity contribution in [2.24, 2.45) is 0 Å². The number of benzene rings is 1. The number of pyridine rings is 1. The van der Waals surface area contributed by atoms with Crippen LogP contribution in [0.2, 0.25) is 0 Å². The van der Waals surface area contributed by atoms with Gasteiger partial charge in [0.1, 0.15) is 5.82 Å². The Morgan fingerprint density at radius 3 is 2.33 bits per heavy atom. The van der Waals surface area contributed by atoms with Crippen LogP contribution in [0, 0.1) is 0 Å². The molecule has 8 heteroatoms. The molecule has 176 valence electrons. The van der Waals surface area contributed by atoms with Crippen LogP contribution in [-0.4, -0.2) is 45.3 Å². The maximum absolute atomic E-state index is 12.8. The van der Waals surface area contributed by atoms with Gasteiger partial charge in [0.15, 0.2) is 0 Å². The van der Waals surface area contributed by atoms with E-state index in [2.05, 4.69) is 36.0 Å². The Morgan fingerprint density at radius 1 is 1.06 bits per heavy atom. The van der Waals surface area contributed by atoms with Crippen LogP contribution in [0.1, 0.15) is 39.2 Å². The van der Waals surface area contributed by atoms with Crippen molar-refractivity contribution in [2.75, 3.05) is 18.0 Å². The van der Waals surface area contributed by atoms with Crippen LogP contribution < -0.4 is 15.9 Å². The number of aryl methyl sites for hydroxylation is 2. The minimum absolute atomic E-state index is 0.0580. The molecule has 1 aliphatic heterocycles. The summed E-state index contributed by atoms with van der Waals surface area (Å²) in [5, 5.41) is 2.95. The number of carbonyl (C=O) groups is 1. The van der Waals surface area contributed by atoms with Gasteiger partial charge in [-0.2, -0.15) is 0 Å². The zero-order valence-electron chi connectivity index (χ0n) is 19.7. The van der Waals surface area contributed by atoms with Crippen molar-refractivity contribution in [3.05, 3.63) is 58.6 Å². The standard InChI is InChI=1S/C25H33N5O3/c1-4-12-29-21-7-5-6-8-22(21)30(25(29)32)13-11-24(31)27-15-20-9-10-23(26-14-20)28-16-18(2)33-19(3)17-28/h5-10,14,18-19H,4,11-13,15-17H2,1-3H3,(H,27,31). The van der Waals surface area contributed by atoms with E-state index in [-0.39, 0.29) is 30.2 Å². The summed E-state index contributed by atoms with van der Waals surface area (Å²) in [4.78, 5) is 32.1. The van der Waals surface area contributed by atoms with Crippen molar-refractivity contribution in [1.82, 2.24) is 19.4 Å². The second-order valence-electron chi connectivity index (χ2n) is 8.79. The molecule has 8 nitrogen and oxygen atoms in total. The van der Waals surface area contributed by atoms with Crippen LogP contribution in [-0.2, 0) is 29.2 Å². The Labute approximate surface area is 194 Å². The minimum Gasteiger partial charge on any atom is -0.372 e. The molecule has 1 aromatic carbocycles. The summed E-state index contributed by atoms with van der Waals surface area (Å²) < 4.78 is 9.27. The molecule has 0 aliphatic carbocycles. The van der Waals surface area contributed by atoms with E-state index < -0.39 is 0 Å². The molecule has 0 spiro atoms. The van der Waals surface area contributed by atoms with Gasteiger partial charge in [0, 0.05) is 45.3 Å². The minimum atomic E-state index is -0.0888. The number of amides is 1. The molecule has 2 atom stereocenters. The summed E-state index contributed by atoms with van der Waals surface area (Å²) >= 11 is 0. The molecular weight excluding hydrogens is 418 g/mol. The second-order valence-corrected chi connectivity index (χ2v) is 8.79. The lowest BCUT2D eigenvalue weighted by Gasteiger charge is -2.36. The SMILES string of the molecule is CCCn1c(=O)n(CCC(=O)NCc2ccc(N3CC(C)OC(C)C3)nc2)c2ccccc21. The number of carbonyl (C=O) groups excluding carboxylic acids is 1. The van der Waals surface area contributed by atoms with Gasteiger partial charge in [0.2, 0.25) is 5.91 Å². The molecule has 0 bridgehead atoms. The summed E-state index contributed by atoms with van der Waals surface area (Å²) in [5.41, 5.74) is 2.67. The Bertz CT molecular complexity index is 1140. The van der Waals surface area contributed by atoms with Gasteiger partial charge in [-0.15, -0.1) is 0 Å². The predicted octanol–water partition coefficient (Wildman–Crippen LogP) is 2.93. The zero-order chi connectivity index (χ0) is 23.4. The van der Waals surface area contributed by atoms with E-state index in [4.69, 9.17) is 4.74 Å². The second kappa shape index (κ2) is 10.2. The molecule has 0 saturated carbocycles. The first-order valence-corrected chi connectivity index (χ1v) is 11.8. The van der Waals surface area contributed by atoms with E-state index in [0.29, 0.717) is 19.6 Å². The van der Waals surface area contributed by atoms with Crippen molar-refractivity contribution in [3.8, 4) is 0 Å².